The summed E-state index contributed by atoms with van der Waals surface area (Å²) in [4.78, 5) is 0. The van der Waals surface area contributed by atoms with E-state index in [1.807, 2.05) is 0 Å². The zero-order valence-electron chi connectivity index (χ0n) is 12.0. The van der Waals surface area contributed by atoms with Crippen molar-refractivity contribution in [2.45, 2.75) is 70.2 Å². The Morgan fingerprint density at radius 3 is 2.58 bits per heavy atom. The monoisotopic (exact) mass is 268 g/mol. The highest BCUT2D eigenvalue weighted by Crippen LogP contribution is 2.45. The van der Waals surface area contributed by atoms with Crippen molar-refractivity contribution >= 4 is 0 Å². The number of aliphatic hydroxyl groups is 2. The number of ether oxygens (including phenoxy) is 1. The molecule has 3 rings (SSSR count). The Labute approximate surface area is 116 Å². The van der Waals surface area contributed by atoms with Gasteiger partial charge in [-0.25, -0.2) is 0 Å². The zero-order chi connectivity index (χ0) is 13.4. The molecule has 110 valence electrons. The fraction of sp³-hybridized carbons (Fsp3) is 1.00. The summed E-state index contributed by atoms with van der Waals surface area (Å²) in [7, 11) is 0. The van der Waals surface area contributed by atoms with Gasteiger partial charge < -0.3 is 14.9 Å². The summed E-state index contributed by atoms with van der Waals surface area (Å²) < 4.78 is 6.38. The first kappa shape index (κ1) is 13.8. The average molecular weight is 268 g/mol. The lowest BCUT2D eigenvalue weighted by molar-refractivity contribution is -0.167. The molecule has 2 N–H and O–H groups in total. The number of rotatable bonds is 1. The summed E-state index contributed by atoms with van der Waals surface area (Å²) in [6.45, 7) is 2.56. The van der Waals surface area contributed by atoms with Crippen molar-refractivity contribution in [3.05, 3.63) is 0 Å². The number of fused-ring (bicyclic) bond motifs is 2. The van der Waals surface area contributed by atoms with Gasteiger partial charge in [0.1, 0.15) is 0 Å². The Balaban J connectivity index is 1.74. The molecule has 2 saturated carbocycles. The minimum absolute atomic E-state index is 0.171. The molecule has 1 aliphatic heterocycles. The van der Waals surface area contributed by atoms with Gasteiger partial charge >= 0.3 is 0 Å². The lowest BCUT2D eigenvalue weighted by Crippen LogP contribution is -2.48. The van der Waals surface area contributed by atoms with Crippen LogP contribution in [0.3, 0.4) is 0 Å². The summed E-state index contributed by atoms with van der Waals surface area (Å²) >= 11 is 0. The van der Waals surface area contributed by atoms with E-state index in [-0.39, 0.29) is 24.9 Å². The molecule has 1 saturated heterocycles. The molecule has 0 aromatic heterocycles. The molecule has 3 aliphatic rings. The van der Waals surface area contributed by atoms with Crippen molar-refractivity contribution in [3.8, 4) is 0 Å². The molecule has 1 heterocycles. The van der Waals surface area contributed by atoms with Gasteiger partial charge in [-0.15, -0.1) is 0 Å². The van der Waals surface area contributed by atoms with E-state index in [0.29, 0.717) is 23.7 Å². The van der Waals surface area contributed by atoms with Crippen LogP contribution in [0.1, 0.15) is 51.9 Å². The third-order valence-electron chi connectivity index (χ3n) is 5.74. The van der Waals surface area contributed by atoms with Crippen LogP contribution in [0.5, 0.6) is 0 Å². The highest BCUT2D eigenvalue weighted by molar-refractivity contribution is 4.93. The van der Waals surface area contributed by atoms with Gasteiger partial charge in [0.05, 0.1) is 18.3 Å². The van der Waals surface area contributed by atoms with Gasteiger partial charge in [0, 0.05) is 12.5 Å². The maximum absolute atomic E-state index is 9.84. The molecule has 0 amide bonds. The minimum atomic E-state index is -0.171. The van der Waals surface area contributed by atoms with Crippen LogP contribution in [0.2, 0.25) is 0 Å². The Morgan fingerprint density at radius 1 is 1.00 bits per heavy atom. The second kappa shape index (κ2) is 5.71. The molecule has 0 spiro atoms. The molecule has 3 fully saturated rings. The highest BCUT2D eigenvalue weighted by atomic mass is 16.5. The Morgan fingerprint density at radius 2 is 1.79 bits per heavy atom. The molecular formula is C16H28O3. The molecule has 2 aliphatic carbocycles. The van der Waals surface area contributed by atoms with Gasteiger partial charge in [-0.2, -0.15) is 0 Å². The van der Waals surface area contributed by atoms with Gasteiger partial charge in [-0.3, -0.25) is 0 Å². The van der Waals surface area contributed by atoms with Crippen LogP contribution < -0.4 is 0 Å². The third kappa shape index (κ3) is 2.84. The molecule has 0 aromatic rings. The summed E-state index contributed by atoms with van der Waals surface area (Å²) in [5.74, 6) is 2.30. The number of hydrogen-bond acceptors (Lipinski definition) is 3. The Hall–Kier alpha value is -0.120. The highest BCUT2D eigenvalue weighted by Gasteiger charge is 2.44. The first-order valence-electron chi connectivity index (χ1n) is 8.11. The molecule has 0 bridgehead atoms. The van der Waals surface area contributed by atoms with Crippen molar-refractivity contribution in [3.63, 3.8) is 0 Å². The van der Waals surface area contributed by atoms with E-state index in [1.165, 1.54) is 19.3 Å². The Kier molecular flexibility index (Phi) is 4.16. The predicted molar refractivity (Wildman–Crippen MR) is 73.7 cm³/mol. The topological polar surface area (TPSA) is 49.7 Å². The molecule has 19 heavy (non-hydrogen) atoms. The first-order chi connectivity index (χ1) is 9.17. The quantitative estimate of drug-likeness (QED) is 0.767. The first-order valence-corrected chi connectivity index (χ1v) is 8.11. The van der Waals surface area contributed by atoms with E-state index in [9.17, 15) is 10.2 Å². The molecular weight excluding hydrogens is 240 g/mol. The Bertz CT molecular complexity index is 306. The molecule has 3 nitrogen and oxygen atoms in total. The van der Waals surface area contributed by atoms with Crippen LogP contribution in [-0.2, 0) is 4.74 Å². The standard InChI is InChI=1S/C16H28O3/c1-10-2-3-12-7-11-4-5-14(18)8-15(11)19-16(12)13(6-10)9-17/h10-18H,2-9H2,1H3/t10?,11?,12?,13-,14?,15-,16-/m1/s1. The van der Waals surface area contributed by atoms with Crippen LogP contribution in [0.4, 0.5) is 0 Å². The van der Waals surface area contributed by atoms with Gasteiger partial charge in [0.15, 0.2) is 0 Å². The maximum Gasteiger partial charge on any atom is 0.0657 e. The third-order valence-corrected chi connectivity index (χ3v) is 5.74. The lowest BCUT2D eigenvalue weighted by atomic mass is 9.73. The second-order valence-corrected chi connectivity index (χ2v) is 7.22. The van der Waals surface area contributed by atoms with Crippen LogP contribution in [0.15, 0.2) is 0 Å². The minimum Gasteiger partial charge on any atom is -0.396 e. The number of aliphatic hydroxyl groups excluding tert-OH is 2. The van der Waals surface area contributed by atoms with Crippen LogP contribution in [0, 0.1) is 23.7 Å². The van der Waals surface area contributed by atoms with Gasteiger partial charge in [0.2, 0.25) is 0 Å². The van der Waals surface area contributed by atoms with Crippen molar-refractivity contribution < 1.29 is 14.9 Å². The number of hydrogen-bond donors (Lipinski definition) is 2. The van der Waals surface area contributed by atoms with E-state index in [4.69, 9.17) is 4.74 Å². The lowest BCUT2D eigenvalue weighted by Gasteiger charge is -2.46. The molecule has 0 aromatic carbocycles. The fourth-order valence-electron chi connectivity index (χ4n) is 4.67. The summed E-state index contributed by atoms with van der Waals surface area (Å²) in [6.07, 6.45) is 8.07. The van der Waals surface area contributed by atoms with Gasteiger partial charge in [0.25, 0.3) is 0 Å². The van der Waals surface area contributed by atoms with Gasteiger partial charge in [-0.1, -0.05) is 13.3 Å². The fourth-order valence-corrected chi connectivity index (χ4v) is 4.67. The van der Waals surface area contributed by atoms with Crippen LogP contribution >= 0.6 is 0 Å². The summed E-state index contributed by atoms with van der Waals surface area (Å²) in [5.41, 5.74) is 0. The van der Waals surface area contributed by atoms with Crippen LogP contribution in [0.25, 0.3) is 0 Å². The van der Waals surface area contributed by atoms with Crippen molar-refractivity contribution in [2.75, 3.05) is 6.61 Å². The van der Waals surface area contributed by atoms with Gasteiger partial charge in [-0.05, 0) is 56.3 Å². The smallest absolute Gasteiger partial charge is 0.0657 e. The predicted octanol–water partition coefficient (Wildman–Crippen LogP) is 2.35. The molecule has 7 atom stereocenters. The largest absolute Gasteiger partial charge is 0.396 e. The second-order valence-electron chi connectivity index (χ2n) is 7.22. The van der Waals surface area contributed by atoms with E-state index in [2.05, 4.69) is 6.92 Å². The van der Waals surface area contributed by atoms with Crippen molar-refractivity contribution in [1.29, 1.82) is 0 Å². The van der Waals surface area contributed by atoms with E-state index in [0.717, 1.165) is 25.7 Å². The maximum atomic E-state index is 9.84. The zero-order valence-corrected chi connectivity index (χ0v) is 12.0. The van der Waals surface area contributed by atoms with Crippen molar-refractivity contribution in [2.24, 2.45) is 23.7 Å². The van der Waals surface area contributed by atoms with E-state index < -0.39 is 0 Å². The molecule has 3 heteroatoms. The van der Waals surface area contributed by atoms with E-state index >= 15 is 0 Å². The average Bonchev–Trinajstić information content (AvgIpc) is 2.56. The SMILES string of the molecule is CC1CCC2CC3CCC(O)C[C@H]3O[C@H]2[C@@H](CO)C1. The van der Waals surface area contributed by atoms with Crippen molar-refractivity contribution in [1.82, 2.24) is 0 Å². The molecule has 4 unspecified atom stereocenters. The van der Waals surface area contributed by atoms with Crippen LogP contribution in [-0.4, -0.2) is 35.1 Å². The normalized spacial score (nSPS) is 51.0. The molecule has 0 radical (unpaired) electrons. The summed E-state index contributed by atoms with van der Waals surface area (Å²) in [6, 6.07) is 0. The summed E-state index contributed by atoms with van der Waals surface area (Å²) in [5, 5.41) is 19.5. The van der Waals surface area contributed by atoms with E-state index in [1.54, 1.807) is 0 Å².